The molecule has 0 saturated carbocycles. The maximum atomic E-state index is 11.3. The van der Waals surface area contributed by atoms with Gasteiger partial charge >= 0.3 is 12.1 Å². The molecule has 0 spiro atoms. The average Bonchev–Trinajstić information content (AvgIpc) is 2.39. The van der Waals surface area contributed by atoms with E-state index in [2.05, 4.69) is 5.32 Å². The molecule has 5 nitrogen and oxygen atoms in total. The van der Waals surface area contributed by atoms with E-state index in [0.717, 1.165) is 11.3 Å². The number of amides is 1. The molecule has 0 bridgehead atoms. The highest BCUT2D eigenvalue weighted by Crippen LogP contribution is 2.13. The lowest BCUT2D eigenvalue weighted by molar-refractivity contribution is -0.192. The molecule has 0 aliphatic rings. The maximum absolute atomic E-state index is 11.3. The summed E-state index contributed by atoms with van der Waals surface area (Å²) in [6.45, 7) is 4.26. The van der Waals surface area contributed by atoms with Crippen molar-refractivity contribution in [1.29, 1.82) is 0 Å². The maximum Gasteiger partial charge on any atom is 0.490 e. The lowest BCUT2D eigenvalue weighted by atomic mass is 10.2. The summed E-state index contributed by atoms with van der Waals surface area (Å²) in [5, 5.41) is 9.94. The number of hydrogen-bond acceptors (Lipinski definition) is 3. The Morgan fingerprint density at radius 2 is 1.67 bits per heavy atom. The zero-order valence-corrected chi connectivity index (χ0v) is 11.6. The number of nitrogens with one attached hydrogen (secondary N) is 1. The summed E-state index contributed by atoms with van der Waals surface area (Å²) >= 11 is 0. The second-order valence-electron chi connectivity index (χ2n) is 4.35. The molecule has 8 heteroatoms. The topological polar surface area (TPSA) is 92.4 Å². The predicted octanol–water partition coefficient (Wildman–Crippen LogP) is 2.37. The fraction of sp³-hybridized carbons (Fsp3) is 0.385. The van der Waals surface area contributed by atoms with E-state index in [9.17, 15) is 18.0 Å². The van der Waals surface area contributed by atoms with Gasteiger partial charge in [0, 0.05) is 18.2 Å². The van der Waals surface area contributed by atoms with E-state index in [1.54, 1.807) is 0 Å². The molecule has 0 fully saturated rings. The van der Waals surface area contributed by atoms with Crippen LogP contribution in [-0.4, -0.2) is 23.2 Å². The monoisotopic (exact) mass is 306 g/mol. The lowest BCUT2D eigenvalue weighted by Gasteiger charge is -2.07. The standard InChI is InChI=1S/C11H16N2O.C2HF3O2/c1-8(2)11(14)13-10-5-3-9(7-12)4-6-10;3-2(4,5)1(6)7/h3-6,8H,7,12H2,1-2H3,(H,13,14);(H,6,7). The fourth-order valence-electron chi connectivity index (χ4n) is 1.01. The number of carboxylic acids is 1. The van der Waals surface area contributed by atoms with E-state index in [4.69, 9.17) is 15.6 Å². The van der Waals surface area contributed by atoms with Gasteiger partial charge < -0.3 is 16.2 Å². The summed E-state index contributed by atoms with van der Waals surface area (Å²) in [6.07, 6.45) is -5.08. The second-order valence-corrected chi connectivity index (χ2v) is 4.35. The van der Waals surface area contributed by atoms with Crippen molar-refractivity contribution in [3.8, 4) is 0 Å². The SMILES string of the molecule is CC(C)C(=O)Nc1ccc(CN)cc1.O=C(O)C(F)(F)F. The molecule has 0 aliphatic heterocycles. The van der Waals surface area contributed by atoms with Crippen LogP contribution in [-0.2, 0) is 16.1 Å². The number of anilines is 1. The van der Waals surface area contributed by atoms with Crippen LogP contribution in [0, 0.1) is 5.92 Å². The molecule has 118 valence electrons. The van der Waals surface area contributed by atoms with Gasteiger partial charge in [-0.05, 0) is 17.7 Å². The van der Waals surface area contributed by atoms with Gasteiger partial charge in [0.25, 0.3) is 0 Å². The minimum Gasteiger partial charge on any atom is -0.475 e. The van der Waals surface area contributed by atoms with Gasteiger partial charge in [0.05, 0.1) is 0 Å². The van der Waals surface area contributed by atoms with Gasteiger partial charge in [-0.25, -0.2) is 4.79 Å². The fourth-order valence-corrected chi connectivity index (χ4v) is 1.01. The smallest absolute Gasteiger partial charge is 0.475 e. The number of nitrogens with two attached hydrogens (primary N) is 1. The molecule has 0 heterocycles. The molecular weight excluding hydrogens is 289 g/mol. The molecule has 0 unspecified atom stereocenters. The van der Waals surface area contributed by atoms with Gasteiger partial charge in [0.15, 0.2) is 0 Å². The van der Waals surface area contributed by atoms with Crippen LogP contribution < -0.4 is 11.1 Å². The summed E-state index contributed by atoms with van der Waals surface area (Å²) in [5.74, 6) is -2.72. The zero-order valence-electron chi connectivity index (χ0n) is 11.6. The Labute approximate surface area is 119 Å². The van der Waals surface area contributed by atoms with Crippen molar-refractivity contribution in [3.05, 3.63) is 29.8 Å². The Bertz CT molecular complexity index is 471. The number of rotatable bonds is 3. The van der Waals surface area contributed by atoms with E-state index in [-0.39, 0.29) is 11.8 Å². The van der Waals surface area contributed by atoms with Gasteiger partial charge in [-0.15, -0.1) is 0 Å². The second kappa shape index (κ2) is 8.25. The van der Waals surface area contributed by atoms with E-state index in [0.29, 0.717) is 6.54 Å². The van der Waals surface area contributed by atoms with Crippen LogP contribution in [0.4, 0.5) is 18.9 Å². The summed E-state index contributed by atoms with van der Waals surface area (Å²) in [7, 11) is 0. The van der Waals surface area contributed by atoms with Gasteiger partial charge in [-0.2, -0.15) is 13.2 Å². The van der Waals surface area contributed by atoms with Crippen LogP contribution in [0.1, 0.15) is 19.4 Å². The van der Waals surface area contributed by atoms with Gasteiger partial charge in [0.1, 0.15) is 0 Å². The van der Waals surface area contributed by atoms with E-state index in [1.165, 1.54) is 0 Å². The summed E-state index contributed by atoms with van der Waals surface area (Å²) in [6, 6.07) is 7.55. The van der Waals surface area contributed by atoms with Crippen molar-refractivity contribution in [2.75, 3.05) is 5.32 Å². The largest absolute Gasteiger partial charge is 0.490 e. The normalized spacial score (nSPS) is 10.6. The average molecular weight is 306 g/mol. The number of halogens is 3. The Kier molecular flexibility index (Phi) is 7.43. The number of hydrogen-bond donors (Lipinski definition) is 3. The van der Waals surface area contributed by atoms with Crippen LogP contribution in [0.2, 0.25) is 0 Å². The molecule has 1 amide bonds. The third kappa shape index (κ3) is 7.93. The number of carbonyl (C=O) groups is 2. The van der Waals surface area contributed by atoms with Crippen molar-refractivity contribution < 1.29 is 27.9 Å². The molecule has 0 saturated heterocycles. The highest BCUT2D eigenvalue weighted by Gasteiger charge is 2.38. The first-order chi connectivity index (χ1) is 9.57. The van der Waals surface area contributed by atoms with Crippen LogP contribution >= 0.6 is 0 Å². The molecule has 0 aromatic heterocycles. The van der Waals surface area contributed by atoms with Crippen molar-refractivity contribution in [2.24, 2.45) is 11.7 Å². The molecule has 0 radical (unpaired) electrons. The summed E-state index contributed by atoms with van der Waals surface area (Å²) in [4.78, 5) is 20.2. The Morgan fingerprint density at radius 3 is 1.95 bits per heavy atom. The molecule has 4 N–H and O–H groups in total. The Balaban J connectivity index is 0.000000486. The molecule has 1 aromatic carbocycles. The lowest BCUT2D eigenvalue weighted by Crippen LogP contribution is -2.21. The van der Waals surface area contributed by atoms with Gasteiger partial charge in [-0.1, -0.05) is 26.0 Å². The number of carbonyl (C=O) groups excluding carboxylic acids is 1. The van der Waals surface area contributed by atoms with Crippen LogP contribution in [0.5, 0.6) is 0 Å². The van der Waals surface area contributed by atoms with E-state index >= 15 is 0 Å². The Morgan fingerprint density at radius 1 is 1.24 bits per heavy atom. The van der Waals surface area contributed by atoms with E-state index < -0.39 is 12.1 Å². The van der Waals surface area contributed by atoms with Crippen LogP contribution in [0.15, 0.2) is 24.3 Å². The quantitative estimate of drug-likeness (QED) is 0.799. The minimum atomic E-state index is -5.08. The zero-order chi connectivity index (χ0) is 16.6. The van der Waals surface area contributed by atoms with Gasteiger partial charge in [-0.3, -0.25) is 4.79 Å². The number of carboxylic acid groups (broad SMARTS) is 1. The highest BCUT2D eigenvalue weighted by atomic mass is 19.4. The molecule has 1 aromatic rings. The number of aliphatic carboxylic acids is 1. The molecule has 0 atom stereocenters. The third-order valence-electron chi connectivity index (χ3n) is 2.22. The van der Waals surface area contributed by atoms with Crippen LogP contribution in [0.25, 0.3) is 0 Å². The number of alkyl halides is 3. The molecular formula is C13H17F3N2O3. The molecule has 0 aliphatic carbocycles. The first-order valence-electron chi connectivity index (χ1n) is 5.98. The van der Waals surface area contributed by atoms with Gasteiger partial charge in [0.2, 0.25) is 5.91 Å². The molecule has 21 heavy (non-hydrogen) atoms. The first-order valence-corrected chi connectivity index (χ1v) is 5.98. The van der Waals surface area contributed by atoms with Crippen molar-refractivity contribution in [3.63, 3.8) is 0 Å². The van der Waals surface area contributed by atoms with Crippen molar-refractivity contribution >= 4 is 17.6 Å². The highest BCUT2D eigenvalue weighted by molar-refractivity contribution is 5.92. The van der Waals surface area contributed by atoms with E-state index in [1.807, 2.05) is 38.1 Å². The third-order valence-corrected chi connectivity index (χ3v) is 2.22. The van der Waals surface area contributed by atoms with Crippen molar-refractivity contribution in [1.82, 2.24) is 0 Å². The predicted molar refractivity (Wildman–Crippen MR) is 71.5 cm³/mol. The summed E-state index contributed by atoms with van der Waals surface area (Å²) in [5.41, 5.74) is 7.34. The van der Waals surface area contributed by atoms with Crippen LogP contribution in [0.3, 0.4) is 0 Å². The molecule has 1 rings (SSSR count). The number of benzene rings is 1. The minimum absolute atomic E-state index is 0.00388. The summed E-state index contributed by atoms with van der Waals surface area (Å²) < 4.78 is 31.7. The van der Waals surface area contributed by atoms with Crippen molar-refractivity contribution in [2.45, 2.75) is 26.6 Å². The first kappa shape index (κ1) is 18.9. The Hall–Kier alpha value is -2.09.